The molecule has 0 saturated carbocycles. The molecule has 1 aliphatic rings. The number of piperazine rings is 1. The molecule has 2 amide bonds. The van der Waals surface area contributed by atoms with Crippen molar-refractivity contribution in [3.8, 4) is 11.5 Å². The maximum absolute atomic E-state index is 12.4. The monoisotopic (exact) mass is 467 g/mol. The van der Waals surface area contributed by atoms with E-state index in [1.807, 2.05) is 36.4 Å². The molecular weight excluding hydrogens is 446 g/mol. The molecule has 1 saturated heterocycles. The van der Waals surface area contributed by atoms with Crippen LogP contribution >= 0.6 is 15.9 Å². The number of nitrogens with zero attached hydrogens (tertiary/aromatic N) is 4. The molecule has 3 aromatic rings. The van der Waals surface area contributed by atoms with Gasteiger partial charge in [0, 0.05) is 49.6 Å². The van der Waals surface area contributed by atoms with Gasteiger partial charge in [-0.1, -0.05) is 28.1 Å². The largest absolute Gasteiger partial charge is 0.457 e. The number of benzene rings is 2. The van der Waals surface area contributed by atoms with Gasteiger partial charge in [0.1, 0.15) is 11.5 Å². The number of aromatic nitrogens is 2. The average molecular weight is 468 g/mol. The first kappa shape index (κ1) is 20.3. The summed E-state index contributed by atoms with van der Waals surface area (Å²) >= 11 is 3.43. The van der Waals surface area contributed by atoms with E-state index in [2.05, 4.69) is 48.2 Å². The van der Waals surface area contributed by atoms with Gasteiger partial charge in [-0.25, -0.2) is 9.78 Å². The summed E-state index contributed by atoms with van der Waals surface area (Å²) in [6, 6.07) is 15.8. The molecule has 4 rings (SSSR count). The molecule has 1 fully saturated rings. The highest BCUT2D eigenvalue weighted by Crippen LogP contribution is 2.24. The second-order valence-corrected chi connectivity index (χ2v) is 7.90. The van der Waals surface area contributed by atoms with Gasteiger partial charge >= 0.3 is 6.03 Å². The first-order chi connectivity index (χ1) is 14.7. The standard InChI is InChI=1S/C22H22BrN5O2/c23-18-4-6-19(7-5-18)30-20-3-1-2-17(14-20)16-27-10-12-28(13-11-27)22(29)26-21-15-24-8-9-25-21/h1-9,14-15H,10-13,16H2,(H,25,26,29). The molecule has 30 heavy (non-hydrogen) atoms. The lowest BCUT2D eigenvalue weighted by Crippen LogP contribution is -2.49. The highest BCUT2D eigenvalue weighted by Gasteiger charge is 2.21. The molecule has 0 radical (unpaired) electrons. The summed E-state index contributed by atoms with van der Waals surface area (Å²) in [6.07, 6.45) is 4.67. The zero-order chi connectivity index (χ0) is 20.8. The van der Waals surface area contributed by atoms with Crippen molar-refractivity contribution < 1.29 is 9.53 Å². The number of ether oxygens (including phenoxy) is 1. The molecule has 2 aromatic carbocycles. The topological polar surface area (TPSA) is 70.6 Å². The van der Waals surface area contributed by atoms with E-state index in [1.54, 1.807) is 17.3 Å². The Morgan fingerprint density at radius 2 is 1.83 bits per heavy atom. The van der Waals surface area contributed by atoms with Crippen molar-refractivity contribution in [3.05, 3.63) is 77.2 Å². The van der Waals surface area contributed by atoms with Crippen molar-refractivity contribution in [2.24, 2.45) is 0 Å². The number of amides is 2. The summed E-state index contributed by atoms with van der Waals surface area (Å²) in [5.74, 6) is 2.09. The SMILES string of the molecule is O=C(Nc1cnccn1)N1CCN(Cc2cccc(Oc3ccc(Br)cc3)c2)CC1. The van der Waals surface area contributed by atoms with Gasteiger partial charge in [0.2, 0.25) is 0 Å². The minimum absolute atomic E-state index is 0.139. The first-order valence-electron chi connectivity index (χ1n) is 9.72. The predicted octanol–water partition coefficient (Wildman–Crippen LogP) is 4.38. The van der Waals surface area contributed by atoms with E-state index in [0.29, 0.717) is 18.9 Å². The van der Waals surface area contributed by atoms with Crippen LogP contribution in [0.25, 0.3) is 0 Å². The van der Waals surface area contributed by atoms with E-state index in [9.17, 15) is 4.79 Å². The molecule has 0 spiro atoms. The number of hydrogen-bond acceptors (Lipinski definition) is 5. The fraction of sp³-hybridized carbons (Fsp3) is 0.227. The third-order valence-electron chi connectivity index (χ3n) is 4.81. The van der Waals surface area contributed by atoms with Gasteiger partial charge in [0.15, 0.2) is 5.82 Å². The maximum atomic E-state index is 12.4. The van der Waals surface area contributed by atoms with Crippen LogP contribution in [-0.4, -0.2) is 52.0 Å². The molecule has 8 heteroatoms. The summed E-state index contributed by atoms with van der Waals surface area (Å²) in [5.41, 5.74) is 1.18. The average Bonchev–Trinajstić information content (AvgIpc) is 2.77. The van der Waals surface area contributed by atoms with E-state index in [1.165, 1.54) is 11.8 Å². The van der Waals surface area contributed by atoms with Gasteiger partial charge in [0.05, 0.1) is 6.20 Å². The zero-order valence-corrected chi connectivity index (χ0v) is 18.0. The number of hydrogen-bond donors (Lipinski definition) is 1. The zero-order valence-electron chi connectivity index (χ0n) is 16.4. The molecule has 1 aromatic heterocycles. The third-order valence-corrected chi connectivity index (χ3v) is 5.34. The first-order valence-corrected chi connectivity index (χ1v) is 10.5. The highest BCUT2D eigenvalue weighted by molar-refractivity contribution is 9.10. The molecular formula is C22H22BrN5O2. The van der Waals surface area contributed by atoms with E-state index >= 15 is 0 Å². The third kappa shape index (κ3) is 5.55. The van der Waals surface area contributed by atoms with Crippen LogP contribution in [0.2, 0.25) is 0 Å². The second-order valence-electron chi connectivity index (χ2n) is 6.99. The minimum Gasteiger partial charge on any atom is -0.457 e. The van der Waals surface area contributed by atoms with Gasteiger partial charge in [-0.2, -0.15) is 0 Å². The number of carbonyl (C=O) groups excluding carboxylic acids is 1. The molecule has 0 unspecified atom stereocenters. The fourth-order valence-corrected chi connectivity index (χ4v) is 3.53. The van der Waals surface area contributed by atoms with Gasteiger partial charge in [-0.05, 0) is 42.0 Å². The summed E-state index contributed by atoms with van der Waals surface area (Å²) in [4.78, 5) is 24.6. The second kappa shape index (κ2) is 9.69. The van der Waals surface area contributed by atoms with Crippen LogP contribution in [0.4, 0.5) is 10.6 Å². The summed E-state index contributed by atoms with van der Waals surface area (Å²) < 4.78 is 6.98. The fourth-order valence-electron chi connectivity index (χ4n) is 3.27. The van der Waals surface area contributed by atoms with Crippen LogP contribution in [-0.2, 0) is 6.54 Å². The lowest BCUT2D eigenvalue weighted by Gasteiger charge is -2.34. The van der Waals surface area contributed by atoms with Crippen molar-refractivity contribution in [2.75, 3.05) is 31.5 Å². The van der Waals surface area contributed by atoms with Gasteiger partial charge in [-0.15, -0.1) is 0 Å². The summed E-state index contributed by atoms with van der Waals surface area (Å²) in [5, 5.41) is 2.79. The van der Waals surface area contributed by atoms with Gasteiger partial charge < -0.3 is 9.64 Å². The van der Waals surface area contributed by atoms with E-state index in [0.717, 1.165) is 35.6 Å². The summed E-state index contributed by atoms with van der Waals surface area (Å²) in [7, 11) is 0. The number of carbonyl (C=O) groups is 1. The van der Waals surface area contributed by atoms with Crippen molar-refractivity contribution in [1.82, 2.24) is 19.8 Å². The Morgan fingerprint density at radius 1 is 1.03 bits per heavy atom. The molecule has 0 bridgehead atoms. The smallest absolute Gasteiger partial charge is 0.323 e. The quantitative estimate of drug-likeness (QED) is 0.602. The maximum Gasteiger partial charge on any atom is 0.323 e. The van der Waals surface area contributed by atoms with Gasteiger partial charge in [0.25, 0.3) is 0 Å². The van der Waals surface area contributed by atoms with Crippen molar-refractivity contribution in [1.29, 1.82) is 0 Å². The Labute approximate surface area is 183 Å². The van der Waals surface area contributed by atoms with Gasteiger partial charge in [-0.3, -0.25) is 15.2 Å². The van der Waals surface area contributed by atoms with Crippen LogP contribution < -0.4 is 10.1 Å². The van der Waals surface area contributed by atoms with E-state index < -0.39 is 0 Å². The van der Waals surface area contributed by atoms with Crippen LogP contribution in [0.5, 0.6) is 11.5 Å². The normalized spacial score (nSPS) is 14.4. The van der Waals surface area contributed by atoms with Crippen molar-refractivity contribution in [2.45, 2.75) is 6.54 Å². The molecule has 1 aliphatic heterocycles. The van der Waals surface area contributed by atoms with Crippen LogP contribution in [0, 0.1) is 0 Å². The Hall–Kier alpha value is -2.97. The van der Waals surface area contributed by atoms with Crippen LogP contribution in [0.1, 0.15) is 5.56 Å². The molecule has 7 nitrogen and oxygen atoms in total. The Balaban J connectivity index is 1.28. The molecule has 0 aliphatic carbocycles. The summed E-state index contributed by atoms with van der Waals surface area (Å²) in [6.45, 7) is 3.77. The molecule has 154 valence electrons. The Morgan fingerprint density at radius 3 is 2.57 bits per heavy atom. The lowest BCUT2D eigenvalue weighted by molar-refractivity contribution is 0.143. The predicted molar refractivity (Wildman–Crippen MR) is 119 cm³/mol. The Bertz CT molecular complexity index is 976. The van der Waals surface area contributed by atoms with Crippen molar-refractivity contribution in [3.63, 3.8) is 0 Å². The molecule has 0 atom stereocenters. The van der Waals surface area contributed by atoms with Crippen LogP contribution in [0.3, 0.4) is 0 Å². The number of nitrogens with one attached hydrogen (secondary N) is 1. The number of anilines is 1. The lowest BCUT2D eigenvalue weighted by atomic mass is 10.2. The van der Waals surface area contributed by atoms with E-state index in [-0.39, 0.29) is 6.03 Å². The number of urea groups is 1. The number of rotatable bonds is 5. The Kier molecular flexibility index (Phi) is 6.56. The minimum atomic E-state index is -0.139. The van der Waals surface area contributed by atoms with Crippen LogP contribution in [0.15, 0.2) is 71.6 Å². The molecule has 2 heterocycles. The van der Waals surface area contributed by atoms with Crippen molar-refractivity contribution >= 4 is 27.8 Å². The highest BCUT2D eigenvalue weighted by atomic mass is 79.9. The molecule has 1 N–H and O–H groups in total. The number of halogens is 1. The van der Waals surface area contributed by atoms with E-state index in [4.69, 9.17) is 4.74 Å².